The average Bonchev–Trinajstić information content (AvgIpc) is 2.25. The Morgan fingerprint density at radius 2 is 1.83 bits per heavy atom. The van der Waals surface area contributed by atoms with Crippen LogP contribution in [0.3, 0.4) is 0 Å². The SMILES string of the molecule is CN(C)CC(C)(C)CNC(=O)c1ccc(N)cc1. The van der Waals surface area contributed by atoms with Crippen molar-refractivity contribution in [1.82, 2.24) is 10.2 Å². The van der Waals surface area contributed by atoms with Crippen molar-refractivity contribution < 1.29 is 4.79 Å². The normalized spacial score (nSPS) is 11.6. The molecular weight excluding hydrogens is 226 g/mol. The third-order valence-electron chi connectivity index (χ3n) is 2.64. The minimum Gasteiger partial charge on any atom is -0.399 e. The van der Waals surface area contributed by atoms with E-state index in [0.717, 1.165) is 6.54 Å². The highest BCUT2D eigenvalue weighted by Gasteiger charge is 2.20. The highest BCUT2D eigenvalue weighted by molar-refractivity contribution is 5.94. The molecule has 3 N–H and O–H groups in total. The first-order chi connectivity index (χ1) is 8.30. The van der Waals surface area contributed by atoms with Gasteiger partial charge >= 0.3 is 0 Å². The summed E-state index contributed by atoms with van der Waals surface area (Å²) in [7, 11) is 4.06. The molecule has 0 aliphatic rings. The maximum absolute atomic E-state index is 11.9. The molecule has 1 amide bonds. The topological polar surface area (TPSA) is 58.4 Å². The van der Waals surface area contributed by atoms with Gasteiger partial charge in [-0.15, -0.1) is 0 Å². The van der Waals surface area contributed by atoms with Crippen molar-refractivity contribution in [3.63, 3.8) is 0 Å². The Morgan fingerprint density at radius 3 is 2.33 bits per heavy atom. The van der Waals surface area contributed by atoms with Crippen LogP contribution in [-0.2, 0) is 0 Å². The highest BCUT2D eigenvalue weighted by Crippen LogP contribution is 2.14. The van der Waals surface area contributed by atoms with Gasteiger partial charge in [0.15, 0.2) is 0 Å². The Morgan fingerprint density at radius 1 is 1.28 bits per heavy atom. The molecule has 4 heteroatoms. The van der Waals surface area contributed by atoms with E-state index in [1.165, 1.54) is 0 Å². The molecule has 0 heterocycles. The average molecular weight is 249 g/mol. The van der Waals surface area contributed by atoms with Gasteiger partial charge in [0.05, 0.1) is 0 Å². The summed E-state index contributed by atoms with van der Waals surface area (Å²) in [6.45, 7) is 5.84. The second kappa shape index (κ2) is 5.87. The number of carbonyl (C=O) groups excluding carboxylic acids is 1. The molecule has 0 aliphatic heterocycles. The van der Waals surface area contributed by atoms with Crippen LogP contribution < -0.4 is 11.1 Å². The molecular formula is C14H23N3O. The number of amides is 1. The number of benzene rings is 1. The molecule has 0 spiro atoms. The molecule has 0 fully saturated rings. The molecule has 0 aromatic heterocycles. The molecule has 0 atom stereocenters. The van der Waals surface area contributed by atoms with Crippen LogP contribution >= 0.6 is 0 Å². The fourth-order valence-corrected chi connectivity index (χ4v) is 1.97. The van der Waals surface area contributed by atoms with Crippen molar-refractivity contribution in [2.24, 2.45) is 5.41 Å². The van der Waals surface area contributed by atoms with Crippen LogP contribution in [0.4, 0.5) is 5.69 Å². The molecule has 0 bridgehead atoms. The van der Waals surface area contributed by atoms with Crippen LogP contribution in [0.5, 0.6) is 0 Å². The first kappa shape index (κ1) is 14.5. The maximum Gasteiger partial charge on any atom is 0.251 e. The number of rotatable bonds is 5. The first-order valence-corrected chi connectivity index (χ1v) is 6.09. The summed E-state index contributed by atoms with van der Waals surface area (Å²) < 4.78 is 0. The molecule has 100 valence electrons. The number of hydrogen-bond donors (Lipinski definition) is 2. The molecule has 1 aromatic carbocycles. The van der Waals surface area contributed by atoms with Crippen LogP contribution in [0.2, 0.25) is 0 Å². The summed E-state index contributed by atoms with van der Waals surface area (Å²) in [5.41, 5.74) is 6.95. The van der Waals surface area contributed by atoms with Gasteiger partial charge in [0, 0.05) is 24.3 Å². The molecule has 1 rings (SSSR count). The predicted octanol–water partition coefficient (Wildman–Crippen LogP) is 1.59. The zero-order valence-electron chi connectivity index (χ0n) is 11.7. The van der Waals surface area contributed by atoms with Gasteiger partial charge < -0.3 is 16.0 Å². The number of nitrogen functional groups attached to an aromatic ring is 1. The quantitative estimate of drug-likeness (QED) is 0.779. The fourth-order valence-electron chi connectivity index (χ4n) is 1.97. The van der Waals surface area contributed by atoms with E-state index in [9.17, 15) is 4.79 Å². The molecule has 4 nitrogen and oxygen atoms in total. The van der Waals surface area contributed by atoms with Crippen molar-refractivity contribution in [3.8, 4) is 0 Å². The molecule has 0 aliphatic carbocycles. The van der Waals surface area contributed by atoms with Crippen LogP contribution in [0.1, 0.15) is 24.2 Å². The molecule has 0 saturated carbocycles. The summed E-state index contributed by atoms with van der Waals surface area (Å²) >= 11 is 0. The van der Waals surface area contributed by atoms with Crippen LogP contribution in [0.15, 0.2) is 24.3 Å². The van der Waals surface area contributed by atoms with Gasteiger partial charge in [0.2, 0.25) is 0 Å². The summed E-state index contributed by atoms with van der Waals surface area (Å²) in [6, 6.07) is 6.95. The lowest BCUT2D eigenvalue weighted by atomic mass is 9.93. The second-order valence-corrected chi connectivity index (χ2v) is 5.71. The number of nitrogens with one attached hydrogen (secondary N) is 1. The number of hydrogen-bond acceptors (Lipinski definition) is 3. The number of nitrogens with zero attached hydrogens (tertiary/aromatic N) is 1. The van der Waals surface area contributed by atoms with Crippen molar-refractivity contribution in [2.45, 2.75) is 13.8 Å². The first-order valence-electron chi connectivity index (χ1n) is 6.09. The highest BCUT2D eigenvalue weighted by atomic mass is 16.1. The van der Waals surface area contributed by atoms with Crippen LogP contribution in [-0.4, -0.2) is 38.0 Å². The monoisotopic (exact) mass is 249 g/mol. The lowest BCUT2D eigenvalue weighted by molar-refractivity contribution is 0.0929. The fraction of sp³-hybridized carbons (Fsp3) is 0.500. The summed E-state index contributed by atoms with van der Waals surface area (Å²) in [5.74, 6) is -0.0539. The smallest absolute Gasteiger partial charge is 0.251 e. The molecule has 0 saturated heterocycles. The zero-order valence-corrected chi connectivity index (χ0v) is 11.7. The maximum atomic E-state index is 11.9. The van der Waals surface area contributed by atoms with E-state index in [-0.39, 0.29) is 11.3 Å². The standard InChI is InChI=1S/C14H23N3O/c1-14(2,10-17(3)4)9-16-13(18)11-5-7-12(15)8-6-11/h5-8H,9-10,15H2,1-4H3,(H,16,18). The Bertz CT molecular complexity index is 396. The molecule has 1 aromatic rings. The van der Waals surface area contributed by atoms with Gasteiger partial charge in [-0.05, 0) is 43.8 Å². The molecule has 18 heavy (non-hydrogen) atoms. The Kier molecular flexibility index (Phi) is 4.73. The Labute approximate surface area is 109 Å². The third-order valence-corrected chi connectivity index (χ3v) is 2.64. The van der Waals surface area contributed by atoms with Crippen molar-refractivity contribution in [3.05, 3.63) is 29.8 Å². The van der Waals surface area contributed by atoms with Crippen LogP contribution in [0, 0.1) is 5.41 Å². The summed E-state index contributed by atoms with van der Waals surface area (Å²) in [4.78, 5) is 14.0. The molecule has 0 radical (unpaired) electrons. The largest absolute Gasteiger partial charge is 0.399 e. The summed E-state index contributed by atoms with van der Waals surface area (Å²) in [6.07, 6.45) is 0. The number of nitrogens with two attached hydrogens (primary N) is 1. The minimum absolute atomic E-state index is 0.0486. The van der Waals surface area contributed by atoms with Gasteiger partial charge in [0.1, 0.15) is 0 Å². The second-order valence-electron chi connectivity index (χ2n) is 5.71. The Hall–Kier alpha value is -1.55. The lowest BCUT2D eigenvalue weighted by Crippen LogP contribution is -2.39. The third kappa shape index (κ3) is 4.75. The summed E-state index contributed by atoms with van der Waals surface area (Å²) in [5, 5.41) is 2.96. The lowest BCUT2D eigenvalue weighted by Gasteiger charge is -2.28. The van der Waals surface area contributed by atoms with Crippen molar-refractivity contribution >= 4 is 11.6 Å². The van der Waals surface area contributed by atoms with E-state index in [2.05, 4.69) is 24.1 Å². The van der Waals surface area contributed by atoms with Gasteiger partial charge in [-0.1, -0.05) is 13.8 Å². The van der Waals surface area contributed by atoms with Gasteiger partial charge in [-0.2, -0.15) is 0 Å². The predicted molar refractivity (Wildman–Crippen MR) is 75.5 cm³/mol. The van der Waals surface area contributed by atoms with E-state index in [1.807, 2.05) is 14.1 Å². The number of anilines is 1. The number of carbonyl (C=O) groups is 1. The van der Waals surface area contributed by atoms with Crippen molar-refractivity contribution in [1.29, 1.82) is 0 Å². The van der Waals surface area contributed by atoms with E-state index < -0.39 is 0 Å². The van der Waals surface area contributed by atoms with E-state index in [4.69, 9.17) is 5.73 Å². The van der Waals surface area contributed by atoms with Gasteiger partial charge in [-0.3, -0.25) is 4.79 Å². The van der Waals surface area contributed by atoms with Gasteiger partial charge in [0.25, 0.3) is 5.91 Å². The minimum atomic E-state index is -0.0539. The van der Waals surface area contributed by atoms with E-state index in [1.54, 1.807) is 24.3 Å². The van der Waals surface area contributed by atoms with E-state index >= 15 is 0 Å². The van der Waals surface area contributed by atoms with Crippen LogP contribution in [0.25, 0.3) is 0 Å². The van der Waals surface area contributed by atoms with Crippen molar-refractivity contribution in [2.75, 3.05) is 32.9 Å². The van der Waals surface area contributed by atoms with E-state index in [0.29, 0.717) is 17.8 Å². The van der Waals surface area contributed by atoms with Gasteiger partial charge in [-0.25, -0.2) is 0 Å². The zero-order chi connectivity index (χ0) is 13.8. The molecule has 0 unspecified atom stereocenters. The Balaban J connectivity index is 2.53.